The Labute approximate surface area is 201 Å². The van der Waals surface area contributed by atoms with E-state index in [0.717, 1.165) is 12.2 Å². The molecule has 0 aromatic carbocycles. The van der Waals surface area contributed by atoms with Gasteiger partial charge in [0.25, 0.3) is 0 Å². The van der Waals surface area contributed by atoms with Crippen LogP contribution in [0.1, 0.15) is 6.42 Å². The molecular weight excluding hydrogens is 468 g/mol. The molecular formula is C20H36N4O9Si. The molecule has 0 saturated carbocycles. The van der Waals surface area contributed by atoms with Crippen molar-refractivity contribution in [3.8, 4) is 0 Å². The number of ether oxygens (including phenoxy) is 2. The molecule has 0 fully saturated rings. The SMILES string of the molecule is C=CC(=O)OCCNC(=O)NCCN(CCC[Si](OC)(OC)OC)C(=O)NCCOC(=O)C=C. The fourth-order valence-electron chi connectivity index (χ4n) is 2.58. The average Bonchev–Trinajstić information content (AvgIpc) is 2.85. The summed E-state index contributed by atoms with van der Waals surface area (Å²) in [6.45, 7) is 7.51. The molecule has 13 nitrogen and oxygen atoms in total. The molecule has 0 aromatic rings. The molecule has 0 spiro atoms. The number of rotatable bonds is 18. The smallest absolute Gasteiger partial charge is 0.461 e. The maximum absolute atomic E-state index is 12.6. The van der Waals surface area contributed by atoms with Crippen LogP contribution < -0.4 is 16.0 Å². The van der Waals surface area contributed by atoms with Crippen LogP contribution in [0.4, 0.5) is 9.59 Å². The van der Waals surface area contributed by atoms with E-state index in [1.807, 2.05) is 0 Å². The number of hydrogen-bond donors (Lipinski definition) is 3. The van der Waals surface area contributed by atoms with Crippen LogP contribution in [0.2, 0.25) is 6.04 Å². The molecule has 4 amide bonds. The second-order valence-corrected chi connectivity index (χ2v) is 9.63. The van der Waals surface area contributed by atoms with Gasteiger partial charge in [-0.1, -0.05) is 13.2 Å². The Balaban J connectivity index is 4.64. The summed E-state index contributed by atoms with van der Waals surface area (Å²) in [5, 5.41) is 7.81. The van der Waals surface area contributed by atoms with Gasteiger partial charge >= 0.3 is 32.8 Å². The summed E-state index contributed by atoms with van der Waals surface area (Å²) in [6, 6.07) is -0.391. The first-order valence-corrected chi connectivity index (χ1v) is 12.5. The molecule has 0 aliphatic heterocycles. The summed E-state index contributed by atoms with van der Waals surface area (Å²) in [5.41, 5.74) is 0. The topological polar surface area (TPSA) is 154 Å². The maximum Gasteiger partial charge on any atom is 0.500 e. The molecule has 0 aromatic heterocycles. The van der Waals surface area contributed by atoms with Gasteiger partial charge < -0.3 is 43.6 Å². The summed E-state index contributed by atoms with van der Waals surface area (Å²) in [5.74, 6) is -1.16. The zero-order chi connectivity index (χ0) is 25.8. The van der Waals surface area contributed by atoms with E-state index in [-0.39, 0.29) is 39.4 Å². The van der Waals surface area contributed by atoms with Crippen molar-refractivity contribution in [2.24, 2.45) is 0 Å². The Morgan fingerprint density at radius 2 is 1.29 bits per heavy atom. The third-order valence-corrected chi connectivity index (χ3v) is 7.22. The first kappa shape index (κ1) is 31.1. The predicted octanol–water partition coefficient (Wildman–Crippen LogP) is 0.0238. The number of esters is 2. The highest BCUT2D eigenvalue weighted by Crippen LogP contribution is 2.15. The number of amides is 4. The van der Waals surface area contributed by atoms with Crippen LogP contribution in [0.15, 0.2) is 25.3 Å². The quantitative estimate of drug-likeness (QED) is 0.101. The van der Waals surface area contributed by atoms with E-state index in [2.05, 4.69) is 29.1 Å². The summed E-state index contributed by atoms with van der Waals surface area (Å²) >= 11 is 0. The van der Waals surface area contributed by atoms with Crippen LogP contribution >= 0.6 is 0 Å². The van der Waals surface area contributed by atoms with Crippen molar-refractivity contribution in [2.45, 2.75) is 12.5 Å². The number of hydrogen-bond acceptors (Lipinski definition) is 9. The first-order chi connectivity index (χ1) is 16.3. The van der Waals surface area contributed by atoms with Crippen LogP contribution in [-0.2, 0) is 32.3 Å². The lowest BCUT2D eigenvalue weighted by atomic mass is 10.4. The van der Waals surface area contributed by atoms with E-state index >= 15 is 0 Å². The molecule has 0 heterocycles. The largest absolute Gasteiger partial charge is 0.500 e. The maximum atomic E-state index is 12.6. The van der Waals surface area contributed by atoms with Gasteiger partial charge in [0.1, 0.15) is 13.2 Å². The van der Waals surface area contributed by atoms with Gasteiger partial charge in [-0.15, -0.1) is 0 Å². The lowest BCUT2D eigenvalue weighted by molar-refractivity contribution is -0.138. The van der Waals surface area contributed by atoms with Crippen molar-refractivity contribution in [2.75, 3.05) is 67.3 Å². The lowest BCUT2D eigenvalue weighted by Gasteiger charge is -2.27. The molecule has 0 unspecified atom stereocenters. The normalized spacial score (nSPS) is 10.6. The number of carbonyl (C=O) groups is 4. The summed E-state index contributed by atoms with van der Waals surface area (Å²) < 4.78 is 25.8. The minimum absolute atomic E-state index is 0.00539. The summed E-state index contributed by atoms with van der Waals surface area (Å²) in [6.07, 6.45) is 2.59. The molecule has 0 radical (unpaired) electrons. The zero-order valence-electron chi connectivity index (χ0n) is 20.1. The van der Waals surface area contributed by atoms with E-state index < -0.39 is 32.8 Å². The minimum Gasteiger partial charge on any atom is -0.461 e. The third-order valence-electron chi connectivity index (χ3n) is 4.39. The van der Waals surface area contributed by atoms with Crippen molar-refractivity contribution in [1.29, 1.82) is 0 Å². The van der Waals surface area contributed by atoms with Crippen molar-refractivity contribution < 1.29 is 41.9 Å². The Morgan fingerprint density at radius 3 is 1.79 bits per heavy atom. The molecule has 0 aliphatic carbocycles. The van der Waals surface area contributed by atoms with Gasteiger partial charge in [0.15, 0.2) is 0 Å². The van der Waals surface area contributed by atoms with Crippen LogP contribution in [0.25, 0.3) is 0 Å². The molecule has 0 bridgehead atoms. The van der Waals surface area contributed by atoms with Crippen molar-refractivity contribution in [3.05, 3.63) is 25.3 Å². The van der Waals surface area contributed by atoms with Gasteiger partial charge in [0.2, 0.25) is 0 Å². The lowest BCUT2D eigenvalue weighted by Crippen LogP contribution is -2.48. The standard InChI is InChI=1S/C20H36N4O9Si/c1-6-17(25)32-14-10-22-19(27)21-9-13-24(12-8-16-34(29-3,30-4)31-5)20(28)23-11-15-33-18(26)7-2/h6-7H,1-2,8-16H2,3-5H3,(H,23,28)(H2,21,22,27). The minimum atomic E-state index is -2.79. The van der Waals surface area contributed by atoms with Crippen molar-refractivity contribution in [1.82, 2.24) is 20.9 Å². The highest BCUT2D eigenvalue weighted by atomic mass is 28.4. The third kappa shape index (κ3) is 13.6. The molecule has 0 rings (SSSR count). The molecule has 0 aliphatic rings. The van der Waals surface area contributed by atoms with E-state index in [1.54, 1.807) is 0 Å². The average molecular weight is 505 g/mol. The van der Waals surface area contributed by atoms with E-state index in [0.29, 0.717) is 19.0 Å². The molecule has 194 valence electrons. The number of nitrogens with one attached hydrogen (secondary N) is 3. The van der Waals surface area contributed by atoms with Gasteiger partial charge in [-0.05, 0) is 6.42 Å². The number of nitrogens with zero attached hydrogens (tertiary/aromatic N) is 1. The molecule has 3 N–H and O–H groups in total. The fourth-order valence-corrected chi connectivity index (χ4v) is 4.28. The monoisotopic (exact) mass is 504 g/mol. The zero-order valence-corrected chi connectivity index (χ0v) is 21.1. The van der Waals surface area contributed by atoms with Gasteiger partial charge in [0, 0.05) is 59.2 Å². The second-order valence-electron chi connectivity index (χ2n) is 6.54. The molecule has 34 heavy (non-hydrogen) atoms. The van der Waals surface area contributed by atoms with Gasteiger partial charge in [0.05, 0.1) is 13.1 Å². The fraction of sp³-hybridized carbons (Fsp3) is 0.600. The Bertz CT molecular complexity index is 666. The number of carbonyl (C=O) groups excluding carboxylic acids is 4. The summed E-state index contributed by atoms with van der Waals surface area (Å²) in [7, 11) is 1.73. The molecule has 14 heteroatoms. The Morgan fingerprint density at radius 1 is 0.794 bits per heavy atom. The van der Waals surface area contributed by atoms with Gasteiger partial charge in [-0.2, -0.15) is 0 Å². The van der Waals surface area contributed by atoms with E-state index in [1.165, 1.54) is 26.2 Å². The predicted molar refractivity (Wildman–Crippen MR) is 125 cm³/mol. The van der Waals surface area contributed by atoms with Crippen LogP contribution in [0.5, 0.6) is 0 Å². The highest BCUT2D eigenvalue weighted by Gasteiger charge is 2.37. The highest BCUT2D eigenvalue weighted by molar-refractivity contribution is 6.60. The van der Waals surface area contributed by atoms with E-state index in [9.17, 15) is 19.2 Å². The molecule has 0 saturated heterocycles. The Hall–Kier alpha value is -2.94. The Kier molecular flexibility index (Phi) is 16.9. The van der Waals surface area contributed by atoms with Gasteiger partial charge in [-0.25, -0.2) is 19.2 Å². The van der Waals surface area contributed by atoms with Crippen molar-refractivity contribution in [3.63, 3.8) is 0 Å². The van der Waals surface area contributed by atoms with Gasteiger partial charge in [-0.3, -0.25) is 0 Å². The van der Waals surface area contributed by atoms with Crippen LogP contribution in [0.3, 0.4) is 0 Å². The molecule has 0 atom stereocenters. The van der Waals surface area contributed by atoms with E-state index in [4.69, 9.17) is 22.8 Å². The van der Waals surface area contributed by atoms with Crippen LogP contribution in [0, 0.1) is 0 Å². The second kappa shape index (κ2) is 18.5. The summed E-state index contributed by atoms with van der Waals surface area (Å²) in [4.78, 5) is 48.0. The van der Waals surface area contributed by atoms with Crippen LogP contribution in [-0.4, -0.2) is 105 Å². The first-order valence-electron chi connectivity index (χ1n) is 10.6. The van der Waals surface area contributed by atoms with Crippen molar-refractivity contribution >= 4 is 32.8 Å². The number of urea groups is 2.